The molecule has 0 nitrogen and oxygen atoms in total. The molecule has 0 saturated carbocycles. The highest BCUT2D eigenvalue weighted by atomic mass is 19.1. The normalized spacial score (nSPS) is 11.5. The van der Waals surface area contributed by atoms with Crippen LogP contribution in [0.1, 0.15) is 25.0 Å². The standard InChI is InChI=1S/C15H16F2/c1-6-12(9(2)3)10(4)15-11(5)13(16)7-8-14(15)17/h6-8H,2,4H2,1,3,5H3/b12-6-. The molecule has 0 saturated heterocycles. The molecule has 17 heavy (non-hydrogen) atoms. The van der Waals surface area contributed by atoms with Gasteiger partial charge in [0.15, 0.2) is 0 Å². The van der Waals surface area contributed by atoms with Crippen LogP contribution in [0.5, 0.6) is 0 Å². The minimum absolute atomic E-state index is 0.223. The van der Waals surface area contributed by atoms with Gasteiger partial charge in [-0.05, 0) is 49.6 Å². The Morgan fingerprint density at radius 2 is 1.71 bits per heavy atom. The molecule has 2 heteroatoms. The van der Waals surface area contributed by atoms with Crippen LogP contribution in [-0.4, -0.2) is 0 Å². The molecule has 0 radical (unpaired) electrons. The van der Waals surface area contributed by atoms with Crippen LogP contribution < -0.4 is 0 Å². The van der Waals surface area contributed by atoms with Gasteiger partial charge in [-0.2, -0.15) is 0 Å². The smallest absolute Gasteiger partial charge is 0.131 e. The molecule has 0 spiro atoms. The van der Waals surface area contributed by atoms with Crippen molar-refractivity contribution in [2.24, 2.45) is 0 Å². The lowest BCUT2D eigenvalue weighted by Crippen LogP contribution is -1.99. The molecule has 0 N–H and O–H groups in total. The maximum atomic E-state index is 13.8. The topological polar surface area (TPSA) is 0 Å². The zero-order valence-corrected chi connectivity index (χ0v) is 10.4. The largest absolute Gasteiger partial charge is 0.207 e. The van der Waals surface area contributed by atoms with Crippen molar-refractivity contribution in [2.45, 2.75) is 20.8 Å². The Hall–Kier alpha value is -1.70. The lowest BCUT2D eigenvalue weighted by Gasteiger charge is -2.14. The van der Waals surface area contributed by atoms with Crippen molar-refractivity contribution in [1.82, 2.24) is 0 Å². The monoisotopic (exact) mass is 234 g/mol. The van der Waals surface area contributed by atoms with Gasteiger partial charge in [-0.3, -0.25) is 0 Å². The quantitative estimate of drug-likeness (QED) is 0.658. The highest BCUT2D eigenvalue weighted by Crippen LogP contribution is 2.31. The number of hydrogen-bond donors (Lipinski definition) is 0. The van der Waals surface area contributed by atoms with Crippen LogP contribution >= 0.6 is 0 Å². The van der Waals surface area contributed by atoms with Gasteiger partial charge in [0.05, 0.1) is 0 Å². The van der Waals surface area contributed by atoms with E-state index in [2.05, 4.69) is 13.2 Å². The van der Waals surface area contributed by atoms with Crippen LogP contribution in [-0.2, 0) is 0 Å². The van der Waals surface area contributed by atoms with Gasteiger partial charge < -0.3 is 0 Å². The summed E-state index contributed by atoms with van der Waals surface area (Å²) in [4.78, 5) is 0. The first kappa shape index (κ1) is 13.4. The number of hydrogen-bond acceptors (Lipinski definition) is 0. The van der Waals surface area contributed by atoms with E-state index < -0.39 is 11.6 Å². The molecule has 0 bridgehead atoms. The Balaban J connectivity index is 3.40. The molecule has 0 fully saturated rings. The predicted octanol–water partition coefficient (Wildman–Crippen LogP) is 4.81. The van der Waals surface area contributed by atoms with E-state index in [1.807, 2.05) is 13.8 Å². The fourth-order valence-electron chi connectivity index (χ4n) is 1.84. The lowest BCUT2D eigenvalue weighted by atomic mass is 9.91. The Morgan fingerprint density at radius 3 is 2.18 bits per heavy atom. The molecule has 0 amide bonds. The van der Waals surface area contributed by atoms with Gasteiger partial charge >= 0.3 is 0 Å². The van der Waals surface area contributed by atoms with E-state index in [1.54, 1.807) is 13.0 Å². The Kier molecular flexibility index (Phi) is 4.00. The summed E-state index contributed by atoms with van der Waals surface area (Å²) in [5.41, 5.74) is 2.49. The Morgan fingerprint density at radius 1 is 1.18 bits per heavy atom. The average molecular weight is 234 g/mol. The molecule has 0 heterocycles. The predicted molar refractivity (Wildman–Crippen MR) is 68.7 cm³/mol. The van der Waals surface area contributed by atoms with Gasteiger partial charge in [0, 0.05) is 5.56 Å². The van der Waals surface area contributed by atoms with Crippen LogP contribution in [0.25, 0.3) is 5.57 Å². The fourth-order valence-corrected chi connectivity index (χ4v) is 1.84. The maximum absolute atomic E-state index is 13.8. The van der Waals surface area contributed by atoms with Gasteiger partial charge in [0.25, 0.3) is 0 Å². The van der Waals surface area contributed by atoms with Crippen LogP contribution in [0.15, 0.2) is 42.5 Å². The summed E-state index contributed by atoms with van der Waals surface area (Å²) < 4.78 is 27.2. The lowest BCUT2D eigenvalue weighted by molar-refractivity contribution is 0.589. The number of benzene rings is 1. The molecule has 0 aliphatic carbocycles. The summed E-state index contributed by atoms with van der Waals surface area (Å²) in [6.45, 7) is 12.8. The second kappa shape index (κ2) is 5.09. The second-order valence-corrected chi connectivity index (χ2v) is 3.99. The molecule has 0 aliphatic heterocycles. The van der Waals surface area contributed by atoms with E-state index in [9.17, 15) is 8.78 Å². The Labute approximate surface area is 101 Å². The van der Waals surface area contributed by atoms with Crippen molar-refractivity contribution in [3.63, 3.8) is 0 Å². The van der Waals surface area contributed by atoms with Crippen molar-refractivity contribution in [3.05, 3.63) is 65.3 Å². The van der Waals surface area contributed by atoms with E-state index in [0.717, 1.165) is 23.3 Å². The maximum Gasteiger partial charge on any atom is 0.131 e. The molecule has 1 rings (SSSR count). The van der Waals surface area contributed by atoms with Gasteiger partial charge in [0.1, 0.15) is 11.6 Å². The third kappa shape index (κ3) is 2.52. The minimum Gasteiger partial charge on any atom is -0.207 e. The summed E-state index contributed by atoms with van der Waals surface area (Å²) in [5, 5.41) is 0. The van der Waals surface area contributed by atoms with Crippen LogP contribution in [0.2, 0.25) is 0 Å². The molecular formula is C15H16F2. The van der Waals surface area contributed by atoms with E-state index in [1.165, 1.54) is 0 Å². The van der Waals surface area contributed by atoms with Crippen molar-refractivity contribution < 1.29 is 8.78 Å². The average Bonchev–Trinajstić information content (AvgIpc) is 2.24. The summed E-state index contributed by atoms with van der Waals surface area (Å²) in [6.07, 6.45) is 1.80. The van der Waals surface area contributed by atoms with E-state index in [4.69, 9.17) is 0 Å². The molecule has 0 aromatic heterocycles. The molecule has 0 aliphatic rings. The van der Waals surface area contributed by atoms with E-state index in [-0.39, 0.29) is 11.1 Å². The van der Waals surface area contributed by atoms with Crippen molar-refractivity contribution >= 4 is 5.57 Å². The first-order valence-electron chi connectivity index (χ1n) is 5.36. The molecular weight excluding hydrogens is 218 g/mol. The van der Waals surface area contributed by atoms with E-state index in [0.29, 0.717) is 5.57 Å². The van der Waals surface area contributed by atoms with Crippen molar-refractivity contribution in [3.8, 4) is 0 Å². The first-order chi connectivity index (χ1) is 7.90. The van der Waals surface area contributed by atoms with Gasteiger partial charge in [-0.15, -0.1) is 0 Å². The molecule has 0 unspecified atom stereocenters. The number of rotatable bonds is 3. The van der Waals surface area contributed by atoms with Crippen molar-refractivity contribution in [1.29, 1.82) is 0 Å². The highest BCUT2D eigenvalue weighted by molar-refractivity contribution is 5.83. The van der Waals surface area contributed by atoms with Gasteiger partial charge in [-0.1, -0.05) is 24.8 Å². The fraction of sp³-hybridized carbons (Fsp3) is 0.200. The first-order valence-corrected chi connectivity index (χ1v) is 5.36. The highest BCUT2D eigenvalue weighted by Gasteiger charge is 2.15. The number of allylic oxidation sites excluding steroid dienone is 4. The molecule has 1 aromatic carbocycles. The second-order valence-electron chi connectivity index (χ2n) is 3.99. The third-order valence-electron chi connectivity index (χ3n) is 2.72. The van der Waals surface area contributed by atoms with E-state index >= 15 is 0 Å². The summed E-state index contributed by atoms with van der Waals surface area (Å²) in [7, 11) is 0. The van der Waals surface area contributed by atoms with Gasteiger partial charge in [-0.25, -0.2) is 8.78 Å². The zero-order valence-electron chi connectivity index (χ0n) is 10.4. The SMILES string of the molecule is C=C(C)/C(=C/C)C(=C)c1c(F)ccc(F)c1C. The molecule has 90 valence electrons. The zero-order chi connectivity index (χ0) is 13.2. The summed E-state index contributed by atoms with van der Waals surface area (Å²) in [5.74, 6) is -0.894. The van der Waals surface area contributed by atoms with Crippen LogP contribution in [0.4, 0.5) is 8.78 Å². The van der Waals surface area contributed by atoms with Crippen molar-refractivity contribution in [2.75, 3.05) is 0 Å². The summed E-state index contributed by atoms with van der Waals surface area (Å²) in [6, 6.07) is 2.24. The minimum atomic E-state index is -0.463. The molecule has 0 atom stereocenters. The Bertz CT molecular complexity index is 508. The van der Waals surface area contributed by atoms with Crippen LogP contribution in [0.3, 0.4) is 0 Å². The molecule has 1 aromatic rings. The third-order valence-corrected chi connectivity index (χ3v) is 2.72. The van der Waals surface area contributed by atoms with Gasteiger partial charge in [0.2, 0.25) is 0 Å². The summed E-state index contributed by atoms with van der Waals surface area (Å²) >= 11 is 0. The van der Waals surface area contributed by atoms with Crippen LogP contribution in [0, 0.1) is 18.6 Å². The number of halogens is 2.